The third kappa shape index (κ3) is 1.71. The molecular weight excluding hydrogens is 202 g/mol. The van der Waals surface area contributed by atoms with Crippen LogP contribution in [0.5, 0.6) is 0 Å². The van der Waals surface area contributed by atoms with Gasteiger partial charge >= 0.3 is 5.97 Å². The Morgan fingerprint density at radius 1 is 1.31 bits per heavy atom. The molecule has 2 saturated carbocycles. The highest BCUT2D eigenvalue weighted by atomic mass is 16.5. The number of carbonyl (C=O) groups is 1. The van der Waals surface area contributed by atoms with Crippen molar-refractivity contribution in [1.29, 1.82) is 5.26 Å². The zero-order valence-corrected chi connectivity index (χ0v) is 9.92. The molecule has 0 aromatic carbocycles. The number of ether oxygens (including phenoxy) is 1. The predicted octanol–water partition coefficient (Wildman–Crippen LogP) is 2.80. The fourth-order valence-corrected chi connectivity index (χ4v) is 3.42. The molecule has 0 unspecified atom stereocenters. The van der Waals surface area contributed by atoms with Crippen LogP contribution in [0.4, 0.5) is 0 Å². The first kappa shape index (κ1) is 11.4. The fraction of sp³-hybridized carbons (Fsp3) is 0.846. The topological polar surface area (TPSA) is 50.1 Å². The summed E-state index contributed by atoms with van der Waals surface area (Å²) in [5, 5.41) is 9.20. The lowest BCUT2D eigenvalue weighted by atomic mass is 9.49. The molecule has 0 N–H and O–H groups in total. The van der Waals surface area contributed by atoms with E-state index in [-0.39, 0.29) is 5.97 Å². The lowest BCUT2D eigenvalue weighted by Crippen LogP contribution is -2.51. The molecule has 0 bridgehead atoms. The molecule has 1 spiro atoms. The summed E-state index contributed by atoms with van der Waals surface area (Å²) in [6, 6.07) is 2.20. The maximum Gasteiger partial charge on any atom is 0.326 e. The van der Waals surface area contributed by atoms with Crippen molar-refractivity contribution < 1.29 is 9.53 Å². The highest BCUT2D eigenvalue weighted by Crippen LogP contribution is 2.61. The normalized spacial score (nSPS) is 25.5. The first-order valence-corrected chi connectivity index (χ1v) is 6.25. The van der Waals surface area contributed by atoms with E-state index in [0.29, 0.717) is 12.0 Å². The molecule has 2 aliphatic carbocycles. The number of hydrogen-bond acceptors (Lipinski definition) is 3. The summed E-state index contributed by atoms with van der Waals surface area (Å²) in [5.74, 6) is -0.298. The van der Waals surface area contributed by atoms with Gasteiger partial charge in [-0.3, -0.25) is 4.79 Å². The molecule has 2 rings (SSSR count). The minimum Gasteiger partial charge on any atom is -0.465 e. The number of hydrogen-bond donors (Lipinski definition) is 0. The molecule has 0 heterocycles. The van der Waals surface area contributed by atoms with Crippen LogP contribution in [0.2, 0.25) is 0 Å². The van der Waals surface area contributed by atoms with Crippen molar-refractivity contribution in [2.75, 3.05) is 6.61 Å². The Labute approximate surface area is 96.8 Å². The first-order valence-electron chi connectivity index (χ1n) is 6.25. The zero-order valence-electron chi connectivity index (χ0n) is 9.92. The van der Waals surface area contributed by atoms with Crippen molar-refractivity contribution >= 4 is 5.97 Å². The highest BCUT2D eigenvalue weighted by Gasteiger charge is 2.59. The van der Waals surface area contributed by atoms with Crippen LogP contribution in [0.3, 0.4) is 0 Å². The second-order valence-electron chi connectivity index (χ2n) is 5.33. The average Bonchev–Trinajstić information content (AvgIpc) is 2.26. The van der Waals surface area contributed by atoms with Crippen molar-refractivity contribution in [2.24, 2.45) is 10.8 Å². The third-order valence-electron chi connectivity index (χ3n) is 4.15. The van der Waals surface area contributed by atoms with Gasteiger partial charge in [0.05, 0.1) is 12.7 Å². The summed E-state index contributed by atoms with van der Waals surface area (Å²) < 4.78 is 5.01. The van der Waals surface area contributed by atoms with Crippen LogP contribution in [0.25, 0.3) is 0 Å². The van der Waals surface area contributed by atoms with Gasteiger partial charge in [0.15, 0.2) is 5.41 Å². The number of rotatable bonds is 2. The smallest absolute Gasteiger partial charge is 0.326 e. The number of nitrogens with zero attached hydrogens (tertiary/aromatic N) is 1. The Morgan fingerprint density at radius 3 is 2.44 bits per heavy atom. The Balaban J connectivity index is 2.01. The second-order valence-corrected chi connectivity index (χ2v) is 5.33. The van der Waals surface area contributed by atoms with Crippen molar-refractivity contribution in [3.63, 3.8) is 0 Å². The molecule has 0 aliphatic heterocycles. The maximum absolute atomic E-state index is 11.8. The monoisotopic (exact) mass is 221 g/mol. The van der Waals surface area contributed by atoms with E-state index in [2.05, 4.69) is 6.07 Å². The van der Waals surface area contributed by atoms with Crippen LogP contribution in [-0.2, 0) is 9.53 Å². The Bertz CT molecular complexity index is 315. The molecule has 3 nitrogen and oxygen atoms in total. The summed E-state index contributed by atoms with van der Waals surface area (Å²) >= 11 is 0. The summed E-state index contributed by atoms with van der Waals surface area (Å²) in [7, 11) is 0. The van der Waals surface area contributed by atoms with Gasteiger partial charge in [0.25, 0.3) is 0 Å². The molecule has 0 atom stereocenters. The fourth-order valence-electron chi connectivity index (χ4n) is 3.42. The molecule has 16 heavy (non-hydrogen) atoms. The maximum atomic E-state index is 11.8. The molecule has 0 saturated heterocycles. The van der Waals surface area contributed by atoms with Gasteiger partial charge in [-0.2, -0.15) is 5.26 Å². The Hall–Kier alpha value is -1.04. The van der Waals surface area contributed by atoms with Crippen LogP contribution < -0.4 is 0 Å². The van der Waals surface area contributed by atoms with Gasteiger partial charge in [0, 0.05) is 0 Å². The molecule has 3 heteroatoms. The summed E-state index contributed by atoms with van der Waals surface area (Å²) in [6.07, 6.45) is 7.66. The van der Waals surface area contributed by atoms with E-state index in [0.717, 1.165) is 12.8 Å². The van der Waals surface area contributed by atoms with Gasteiger partial charge in [-0.15, -0.1) is 0 Å². The van der Waals surface area contributed by atoms with Crippen LogP contribution in [0.1, 0.15) is 51.9 Å². The quantitative estimate of drug-likeness (QED) is 0.674. The first-order chi connectivity index (χ1) is 7.66. The second kappa shape index (κ2) is 4.08. The van der Waals surface area contributed by atoms with Crippen LogP contribution in [-0.4, -0.2) is 12.6 Å². The lowest BCUT2D eigenvalue weighted by molar-refractivity contribution is -0.166. The largest absolute Gasteiger partial charge is 0.465 e. The molecule has 2 fully saturated rings. The number of esters is 1. The lowest BCUT2D eigenvalue weighted by Gasteiger charge is -2.53. The SMILES string of the molecule is CCOC(=O)C1(C#N)CC2(CCCCC2)C1. The average molecular weight is 221 g/mol. The molecule has 0 radical (unpaired) electrons. The summed E-state index contributed by atoms with van der Waals surface area (Å²) in [5.41, 5.74) is -0.520. The van der Waals surface area contributed by atoms with Crippen LogP contribution >= 0.6 is 0 Å². The van der Waals surface area contributed by atoms with Gasteiger partial charge in [0.2, 0.25) is 0 Å². The van der Waals surface area contributed by atoms with Crippen molar-refractivity contribution in [3.05, 3.63) is 0 Å². The minimum absolute atomic E-state index is 0.292. The molecule has 0 aromatic heterocycles. The van der Waals surface area contributed by atoms with Crippen molar-refractivity contribution in [2.45, 2.75) is 51.9 Å². The third-order valence-corrected chi connectivity index (χ3v) is 4.15. The van der Waals surface area contributed by atoms with E-state index in [9.17, 15) is 10.1 Å². The Kier molecular flexibility index (Phi) is 2.92. The molecule has 0 aromatic rings. The van der Waals surface area contributed by atoms with Gasteiger partial charge in [-0.25, -0.2) is 0 Å². The van der Waals surface area contributed by atoms with Crippen LogP contribution in [0.15, 0.2) is 0 Å². The van der Waals surface area contributed by atoms with E-state index in [1.807, 2.05) is 0 Å². The predicted molar refractivity (Wildman–Crippen MR) is 59.4 cm³/mol. The minimum atomic E-state index is -0.812. The number of carbonyl (C=O) groups excluding carboxylic acids is 1. The molecule has 2 aliphatic rings. The van der Waals surface area contributed by atoms with Crippen molar-refractivity contribution in [3.8, 4) is 6.07 Å². The number of nitriles is 1. The van der Waals surface area contributed by atoms with Crippen LogP contribution in [0, 0.1) is 22.2 Å². The van der Waals surface area contributed by atoms with E-state index in [1.165, 1.54) is 32.1 Å². The van der Waals surface area contributed by atoms with Gasteiger partial charge < -0.3 is 4.74 Å². The molecule has 88 valence electrons. The molecule has 0 amide bonds. The van der Waals surface area contributed by atoms with Gasteiger partial charge in [0.1, 0.15) is 0 Å². The highest BCUT2D eigenvalue weighted by molar-refractivity contribution is 5.81. The molecular formula is C13H19NO2. The standard InChI is InChI=1S/C13H19NO2/c1-2-16-11(15)13(10-14)8-12(9-13)6-4-3-5-7-12/h2-9H2,1H3. The van der Waals surface area contributed by atoms with Gasteiger partial charge in [-0.1, -0.05) is 19.3 Å². The van der Waals surface area contributed by atoms with E-state index in [1.54, 1.807) is 6.92 Å². The van der Waals surface area contributed by atoms with Crippen molar-refractivity contribution in [1.82, 2.24) is 0 Å². The van der Waals surface area contributed by atoms with E-state index in [4.69, 9.17) is 4.74 Å². The summed E-state index contributed by atoms with van der Waals surface area (Å²) in [6.45, 7) is 2.16. The zero-order chi connectivity index (χ0) is 11.6. The van der Waals surface area contributed by atoms with E-state index < -0.39 is 5.41 Å². The Morgan fingerprint density at radius 2 is 1.94 bits per heavy atom. The van der Waals surface area contributed by atoms with Gasteiger partial charge in [-0.05, 0) is 38.0 Å². The van der Waals surface area contributed by atoms with E-state index >= 15 is 0 Å². The summed E-state index contributed by atoms with van der Waals surface area (Å²) in [4.78, 5) is 11.8.